The van der Waals surface area contributed by atoms with Gasteiger partial charge in [-0.05, 0) is 44.8 Å². The Balaban J connectivity index is 2.41. The Hall–Kier alpha value is -1.26. The summed E-state index contributed by atoms with van der Waals surface area (Å²) in [5.74, 6) is 0. The van der Waals surface area contributed by atoms with E-state index < -0.39 is 7.12 Å². The van der Waals surface area contributed by atoms with E-state index in [1.807, 2.05) is 45.9 Å². The van der Waals surface area contributed by atoms with Crippen molar-refractivity contribution in [2.24, 2.45) is 0 Å². The van der Waals surface area contributed by atoms with Crippen LogP contribution < -0.4 is 11.2 Å². The average molecular weight is 245 g/mol. The quantitative estimate of drug-likeness (QED) is 0.641. The lowest BCUT2D eigenvalue weighted by atomic mass is 9.75. The molecule has 1 heterocycles. The Labute approximate surface area is 109 Å². The second-order valence-electron chi connectivity index (χ2n) is 5.64. The molecule has 0 aliphatic carbocycles. The van der Waals surface area contributed by atoms with Gasteiger partial charge in [0.25, 0.3) is 0 Å². The third-order valence-corrected chi connectivity index (χ3v) is 3.88. The molecule has 3 nitrogen and oxygen atoms in total. The van der Waals surface area contributed by atoms with Crippen molar-refractivity contribution in [1.29, 1.82) is 0 Å². The van der Waals surface area contributed by atoms with Gasteiger partial charge in [-0.15, -0.1) is 0 Å². The number of hydrogen-bond acceptors (Lipinski definition) is 3. The van der Waals surface area contributed by atoms with E-state index in [0.29, 0.717) is 5.69 Å². The minimum Gasteiger partial charge on any atom is -0.399 e. The van der Waals surface area contributed by atoms with Crippen molar-refractivity contribution in [2.45, 2.75) is 38.9 Å². The van der Waals surface area contributed by atoms with Gasteiger partial charge in [-0.1, -0.05) is 24.8 Å². The Morgan fingerprint density at radius 1 is 1.17 bits per heavy atom. The topological polar surface area (TPSA) is 44.5 Å². The standard InChI is InChI=1S/C14H20BNO2/c1-6-10-11(8-7-9-12(10)16)15-17-13(2,3)14(4,5)18-15/h6-9H,1,16H2,2-5H3. The smallest absolute Gasteiger partial charge is 0.399 e. The predicted molar refractivity (Wildman–Crippen MR) is 76.7 cm³/mol. The molecule has 0 amide bonds. The first-order valence-electron chi connectivity index (χ1n) is 6.15. The molecule has 0 aromatic heterocycles. The maximum Gasteiger partial charge on any atom is 0.495 e. The second kappa shape index (κ2) is 4.14. The first kappa shape index (κ1) is 13.2. The number of anilines is 1. The highest BCUT2D eigenvalue weighted by atomic mass is 16.7. The minimum atomic E-state index is -0.397. The van der Waals surface area contributed by atoms with E-state index in [-0.39, 0.29) is 11.2 Å². The molecule has 2 rings (SSSR count). The molecule has 1 aromatic carbocycles. The van der Waals surface area contributed by atoms with Gasteiger partial charge in [0.2, 0.25) is 0 Å². The van der Waals surface area contributed by atoms with Crippen molar-refractivity contribution >= 4 is 24.3 Å². The normalized spacial score (nSPS) is 21.0. The summed E-state index contributed by atoms with van der Waals surface area (Å²) >= 11 is 0. The van der Waals surface area contributed by atoms with E-state index in [1.54, 1.807) is 6.08 Å². The molecule has 1 fully saturated rings. The highest BCUT2D eigenvalue weighted by molar-refractivity contribution is 6.63. The molecular formula is C14H20BNO2. The zero-order valence-electron chi connectivity index (χ0n) is 11.5. The highest BCUT2D eigenvalue weighted by Gasteiger charge is 2.52. The van der Waals surface area contributed by atoms with Crippen LogP contribution in [0.25, 0.3) is 6.08 Å². The zero-order valence-corrected chi connectivity index (χ0v) is 11.5. The van der Waals surface area contributed by atoms with E-state index in [9.17, 15) is 0 Å². The van der Waals surface area contributed by atoms with Crippen molar-refractivity contribution in [3.63, 3.8) is 0 Å². The molecule has 1 aliphatic rings. The van der Waals surface area contributed by atoms with Crippen LogP contribution in [0.4, 0.5) is 5.69 Å². The summed E-state index contributed by atoms with van der Waals surface area (Å²) in [5.41, 5.74) is 7.77. The molecule has 0 bridgehead atoms. The van der Waals surface area contributed by atoms with Crippen molar-refractivity contribution in [3.05, 3.63) is 30.3 Å². The maximum absolute atomic E-state index is 6.02. The molecule has 1 aliphatic heterocycles. The molecule has 0 atom stereocenters. The van der Waals surface area contributed by atoms with Crippen molar-refractivity contribution in [3.8, 4) is 0 Å². The van der Waals surface area contributed by atoms with Crippen LogP contribution in [0.3, 0.4) is 0 Å². The van der Waals surface area contributed by atoms with Crippen LogP contribution in [0.2, 0.25) is 0 Å². The van der Waals surface area contributed by atoms with E-state index in [4.69, 9.17) is 15.0 Å². The predicted octanol–water partition coefficient (Wildman–Crippen LogP) is 2.21. The van der Waals surface area contributed by atoms with E-state index in [1.165, 1.54) is 0 Å². The molecule has 18 heavy (non-hydrogen) atoms. The van der Waals surface area contributed by atoms with Gasteiger partial charge in [-0.25, -0.2) is 0 Å². The molecule has 2 N–H and O–H groups in total. The van der Waals surface area contributed by atoms with Crippen LogP contribution in [-0.4, -0.2) is 18.3 Å². The van der Waals surface area contributed by atoms with Crippen LogP contribution in [-0.2, 0) is 9.31 Å². The zero-order chi connectivity index (χ0) is 13.6. The third kappa shape index (κ3) is 1.96. The first-order valence-corrected chi connectivity index (χ1v) is 6.15. The van der Waals surface area contributed by atoms with Gasteiger partial charge in [0, 0.05) is 5.69 Å². The van der Waals surface area contributed by atoms with Gasteiger partial charge in [0.15, 0.2) is 0 Å². The minimum absolute atomic E-state index is 0.347. The number of nitrogen functional groups attached to an aromatic ring is 1. The summed E-state index contributed by atoms with van der Waals surface area (Å²) in [4.78, 5) is 0. The van der Waals surface area contributed by atoms with Gasteiger partial charge < -0.3 is 15.0 Å². The van der Waals surface area contributed by atoms with Crippen LogP contribution in [0.1, 0.15) is 33.3 Å². The summed E-state index contributed by atoms with van der Waals surface area (Å²) in [6.07, 6.45) is 1.75. The molecule has 4 heteroatoms. The largest absolute Gasteiger partial charge is 0.495 e. The van der Waals surface area contributed by atoms with E-state index in [2.05, 4.69) is 6.58 Å². The fraction of sp³-hybridized carbons (Fsp3) is 0.429. The Morgan fingerprint density at radius 3 is 2.22 bits per heavy atom. The summed E-state index contributed by atoms with van der Waals surface area (Å²) in [7, 11) is -0.397. The lowest BCUT2D eigenvalue weighted by Crippen LogP contribution is -2.41. The lowest BCUT2D eigenvalue weighted by Gasteiger charge is -2.32. The van der Waals surface area contributed by atoms with Gasteiger partial charge in [0.05, 0.1) is 11.2 Å². The average Bonchev–Trinajstić information content (AvgIpc) is 2.47. The molecule has 1 saturated heterocycles. The molecule has 0 unspecified atom stereocenters. The Kier molecular flexibility index (Phi) is 3.03. The van der Waals surface area contributed by atoms with Crippen molar-refractivity contribution in [1.82, 2.24) is 0 Å². The maximum atomic E-state index is 6.02. The summed E-state index contributed by atoms with van der Waals surface area (Å²) in [5, 5.41) is 0. The van der Waals surface area contributed by atoms with Crippen molar-refractivity contribution < 1.29 is 9.31 Å². The molecule has 96 valence electrons. The summed E-state index contributed by atoms with van der Waals surface area (Å²) in [6, 6.07) is 5.73. The lowest BCUT2D eigenvalue weighted by molar-refractivity contribution is 0.00578. The summed E-state index contributed by atoms with van der Waals surface area (Å²) < 4.78 is 12.0. The fourth-order valence-electron chi connectivity index (χ4n) is 2.01. The molecule has 1 aromatic rings. The van der Waals surface area contributed by atoms with E-state index >= 15 is 0 Å². The van der Waals surface area contributed by atoms with Gasteiger partial charge in [-0.2, -0.15) is 0 Å². The van der Waals surface area contributed by atoms with Crippen LogP contribution in [0, 0.1) is 0 Å². The number of rotatable bonds is 2. The van der Waals surface area contributed by atoms with Gasteiger partial charge in [0.1, 0.15) is 0 Å². The molecule has 0 radical (unpaired) electrons. The molecule has 0 saturated carbocycles. The monoisotopic (exact) mass is 245 g/mol. The second-order valence-corrected chi connectivity index (χ2v) is 5.64. The molecule has 0 spiro atoms. The number of hydrogen-bond donors (Lipinski definition) is 1. The SMILES string of the molecule is C=Cc1c(N)cccc1B1OC(C)(C)C(C)(C)O1. The van der Waals surface area contributed by atoms with E-state index in [0.717, 1.165) is 11.0 Å². The number of nitrogens with two attached hydrogens (primary N) is 1. The molecular weight excluding hydrogens is 225 g/mol. The number of benzene rings is 1. The Morgan fingerprint density at radius 2 is 1.72 bits per heavy atom. The van der Waals surface area contributed by atoms with Gasteiger partial charge in [-0.3, -0.25) is 0 Å². The first-order chi connectivity index (χ1) is 8.28. The van der Waals surface area contributed by atoms with Crippen LogP contribution in [0.15, 0.2) is 24.8 Å². The Bertz CT molecular complexity index is 467. The van der Waals surface area contributed by atoms with Crippen LogP contribution >= 0.6 is 0 Å². The highest BCUT2D eigenvalue weighted by Crippen LogP contribution is 2.36. The van der Waals surface area contributed by atoms with Gasteiger partial charge >= 0.3 is 7.12 Å². The van der Waals surface area contributed by atoms with Crippen molar-refractivity contribution in [2.75, 3.05) is 5.73 Å². The third-order valence-electron chi connectivity index (χ3n) is 3.88. The van der Waals surface area contributed by atoms with Crippen LogP contribution in [0.5, 0.6) is 0 Å². The summed E-state index contributed by atoms with van der Waals surface area (Å²) in [6.45, 7) is 11.9. The fourth-order valence-corrected chi connectivity index (χ4v) is 2.01.